The minimum absolute atomic E-state index is 0.00641. The first kappa shape index (κ1) is 14.7. The third-order valence-corrected chi connectivity index (χ3v) is 4.99. The van der Waals surface area contributed by atoms with Crippen molar-refractivity contribution in [3.8, 4) is 0 Å². The smallest absolute Gasteiger partial charge is 0.115 e. The zero-order chi connectivity index (χ0) is 15.5. The van der Waals surface area contributed by atoms with Gasteiger partial charge in [-0.05, 0) is 43.5 Å². The Hall–Kier alpha value is -1.85. The first-order valence-electron chi connectivity index (χ1n) is 8.34. The fraction of sp³-hybridized carbons (Fsp3) is 0.500. The van der Waals surface area contributed by atoms with E-state index in [9.17, 15) is 0 Å². The first-order chi connectivity index (χ1) is 11.3. The number of aromatic nitrogens is 3. The molecule has 4 rings (SSSR count). The Balaban J connectivity index is 1.43. The van der Waals surface area contributed by atoms with Crippen molar-refractivity contribution < 1.29 is 4.74 Å². The molecule has 2 saturated heterocycles. The number of hydrogen-bond donors (Lipinski definition) is 0. The summed E-state index contributed by atoms with van der Waals surface area (Å²) in [5, 5.41) is 0. The van der Waals surface area contributed by atoms with Crippen LogP contribution in [-0.2, 0) is 11.3 Å². The zero-order valence-electron chi connectivity index (χ0n) is 13.3. The predicted octanol–water partition coefficient (Wildman–Crippen LogP) is 2.41. The van der Waals surface area contributed by atoms with E-state index in [1.165, 1.54) is 12.0 Å². The summed E-state index contributed by atoms with van der Waals surface area (Å²) in [5.74, 6) is 0.422. The second kappa shape index (κ2) is 6.34. The first-order valence-corrected chi connectivity index (χ1v) is 8.34. The fourth-order valence-electron chi connectivity index (χ4n) is 3.91. The maximum atomic E-state index is 6.30. The van der Waals surface area contributed by atoms with Crippen molar-refractivity contribution in [1.29, 1.82) is 0 Å². The molecule has 2 aromatic heterocycles. The monoisotopic (exact) mass is 310 g/mol. The lowest BCUT2D eigenvalue weighted by atomic mass is 9.85. The van der Waals surface area contributed by atoms with Crippen LogP contribution in [0.3, 0.4) is 0 Å². The molecule has 0 aliphatic carbocycles. The van der Waals surface area contributed by atoms with E-state index in [0.717, 1.165) is 44.8 Å². The number of likely N-dealkylation sites (tertiary alicyclic amines) is 1. The molecule has 23 heavy (non-hydrogen) atoms. The molecule has 0 bridgehead atoms. The summed E-state index contributed by atoms with van der Waals surface area (Å²) in [6.07, 6.45) is 10.7. The average molecular weight is 310 g/mol. The maximum Gasteiger partial charge on any atom is 0.115 e. The Morgan fingerprint density at radius 2 is 2.17 bits per heavy atom. The zero-order valence-corrected chi connectivity index (χ0v) is 13.3. The number of rotatable bonds is 3. The topological polar surface area (TPSA) is 51.1 Å². The Labute approximate surface area is 136 Å². The van der Waals surface area contributed by atoms with Gasteiger partial charge in [-0.1, -0.05) is 6.07 Å². The SMILES string of the molecule is c1ccc(CN2CCCC3(CC(c4cncnc4)CO3)C2)nc1. The van der Waals surface area contributed by atoms with Gasteiger partial charge in [0.2, 0.25) is 0 Å². The van der Waals surface area contributed by atoms with Crippen molar-refractivity contribution in [2.45, 2.75) is 37.3 Å². The maximum absolute atomic E-state index is 6.30. The Kier molecular flexibility index (Phi) is 4.06. The molecular formula is C18H22N4O. The van der Waals surface area contributed by atoms with Crippen LogP contribution in [-0.4, -0.2) is 45.1 Å². The number of nitrogens with zero attached hydrogens (tertiary/aromatic N) is 4. The van der Waals surface area contributed by atoms with E-state index in [2.05, 4.69) is 32.0 Å². The molecule has 1 spiro atoms. The van der Waals surface area contributed by atoms with Crippen LogP contribution in [0.15, 0.2) is 43.1 Å². The minimum atomic E-state index is -0.00641. The highest BCUT2D eigenvalue weighted by Crippen LogP contribution is 2.41. The van der Waals surface area contributed by atoms with Gasteiger partial charge in [-0.15, -0.1) is 0 Å². The summed E-state index contributed by atoms with van der Waals surface area (Å²) in [6.45, 7) is 3.81. The molecule has 5 heteroatoms. The van der Waals surface area contributed by atoms with Crippen LogP contribution >= 0.6 is 0 Å². The molecule has 120 valence electrons. The van der Waals surface area contributed by atoms with Gasteiger partial charge >= 0.3 is 0 Å². The molecule has 2 aromatic rings. The number of pyridine rings is 1. The van der Waals surface area contributed by atoms with E-state index >= 15 is 0 Å². The number of ether oxygens (including phenoxy) is 1. The van der Waals surface area contributed by atoms with E-state index in [4.69, 9.17) is 4.74 Å². The van der Waals surface area contributed by atoms with Crippen LogP contribution in [0.2, 0.25) is 0 Å². The summed E-state index contributed by atoms with van der Waals surface area (Å²) < 4.78 is 6.30. The average Bonchev–Trinajstić information content (AvgIpc) is 3.00. The molecule has 0 amide bonds. The van der Waals surface area contributed by atoms with Crippen LogP contribution in [0.1, 0.15) is 36.4 Å². The molecule has 2 aliphatic heterocycles. The van der Waals surface area contributed by atoms with Crippen molar-refractivity contribution in [2.24, 2.45) is 0 Å². The van der Waals surface area contributed by atoms with Gasteiger partial charge in [0, 0.05) is 37.6 Å². The van der Waals surface area contributed by atoms with Crippen molar-refractivity contribution >= 4 is 0 Å². The van der Waals surface area contributed by atoms with E-state index in [-0.39, 0.29) is 5.60 Å². The largest absolute Gasteiger partial charge is 0.373 e. The van der Waals surface area contributed by atoms with Crippen LogP contribution in [0.4, 0.5) is 0 Å². The number of piperidine rings is 1. The van der Waals surface area contributed by atoms with Gasteiger partial charge in [0.1, 0.15) is 6.33 Å². The molecule has 0 radical (unpaired) electrons. The fourth-order valence-corrected chi connectivity index (χ4v) is 3.91. The second-order valence-corrected chi connectivity index (χ2v) is 6.70. The molecule has 2 fully saturated rings. The van der Waals surface area contributed by atoms with Gasteiger partial charge in [0.15, 0.2) is 0 Å². The summed E-state index contributed by atoms with van der Waals surface area (Å²) in [5.41, 5.74) is 2.33. The summed E-state index contributed by atoms with van der Waals surface area (Å²) in [6, 6.07) is 6.12. The lowest BCUT2D eigenvalue weighted by Crippen LogP contribution is -2.47. The summed E-state index contributed by atoms with van der Waals surface area (Å²) >= 11 is 0. The van der Waals surface area contributed by atoms with E-state index in [1.54, 1.807) is 6.33 Å². The highest BCUT2D eigenvalue weighted by atomic mass is 16.5. The van der Waals surface area contributed by atoms with Gasteiger partial charge in [-0.3, -0.25) is 9.88 Å². The highest BCUT2D eigenvalue weighted by Gasteiger charge is 2.43. The highest BCUT2D eigenvalue weighted by molar-refractivity contribution is 5.15. The van der Waals surface area contributed by atoms with Gasteiger partial charge < -0.3 is 4.74 Å². The van der Waals surface area contributed by atoms with Crippen molar-refractivity contribution in [3.05, 3.63) is 54.4 Å². The van der Waals surface area contributed by atoms with Crippen LogP contribution in [0.25, 0.3) is 0 Å². The molecule has 0 aromatic carbocycles. The molecule has 2 aliphatic rings. The lowest BCUT2D eigenvalue weighted by molar-refractivity contribution is -0.0535. The predicted molar refractivity (Wildman–Crippen MR) is 86.8 cm³/mol. The standard InChI is InChI=1S/C18H22N4O/c1-2-6-21-17(4-1)11-22-7-3-5-18(13-22)8-15(12-23-18)16-9-19-14-20-10-16/h1-2,4,6,9-10,14-15H,3,5,7-8,11-13H2. The third kappa shape index (κ3) is 3.26. The lowest BCUT2D eigenvalue weighted by Gasteiger charge is -2.39. The minimum Gasteiger partial charge on any atom is -0.373 e. The van der Waals surface area contributed by atoms with E-state index in [0.29, 0.717) is 5.92 Å². The van der Waals surface area contributed by atoms with Crippen molar-refractivity contribution in [1.82, 2.24) is 19.9 Å². The van der Waals surface area contributed by atoms with Gasteiger partial charge in [0.05, 0.1) is 17.9 Å². The normalized spacial score (nSPS) is 28.3. The molecule has 2 atom stereocenters. The van der Waals surface area contributed by atoms with Crippen molar-refractivity contribution in [3.63, 3.8) is 0 Å². The Morgan fingerprint density at radius 3 is 3.00 bits per heavy atom. The quantitative estimate of drug-likeness (QED) is 0.871. The third-order valence-electron chi connectivity index (χ3n) is 4.99. The number of hydrogen-bond acceptors (Lipinski definition) is 5. The van der Waals surface area contributed by atoms with E-state index in [1.807, 2.05) is 24.7 Å². The Bertz CT molecular complexity index is 636. The van der Waals surface area contributed by atoms with Crippen LogP contribution < -0.4 is 0 Å². The van der Waals surface area contributed by atoms with Gasteiger partial charge in [-0.25, -0.2) is 9.97 Å². The Morgan fingerprint density at radius 1 is 1.26 bits per heavy atom. The molecular weight excluding hydrogens is 288 g/mol. The molecule has 0 saturated carbocycles. The van der Waals surface area contributed by atoms with Crippen LogP contribution in [0, 0.1) is 0 Å². The summed E-state index contributed by atoms with van der Waals surface area (Å²) in [7, 11) is 0. The van der Waals surface area contributed by atoms with Gasteiger partial charge in [0.25, 0.3) is 0 Å². The molecule has 4 heterocycles. The summed E-state index contributed by atoms with van der Waals surface area (Å²) in [4.78, 5) is 15.2. The molecule has 0 N–H and O–H groups in total. The van der Waals surface area contributed by atoms with E-state index < -0.39 is 0 Å². The van der Waals surface area contributed by atoms with Gasteiger partial charge in [-0.2, -0.15) is 0 Å². The molecule has 2 unspecified atom stereocenters. The second-order valence-electron chi connectivity index (χ2n) is 6.70. The van der Waals surface area contributed by atoms with Crippen molar-refractivity contribution in [2.75, 3.05) is 19.7 Å². The van der Waals surface area contributed by atoms with Crippen LogP contribution in [0.5, 0.6) is 0 Å². The molecule has 5 nitrogen and oxygen atoms in total.